The maximum absolute atomic E-state index is 12.8. The van der Waals surface area contributed by atoms with Crippen LogP contribution >= 0.6 is 23.1 Å². The molecule has 1 N–H and O–H groups in total. The van der Waals surface area contributed by atoms with Gasteiger partial charge in [-0.3, -0.25) is 14.2 Å². The minimum atomic E-state index is 0.00941. The summed E-state index contributed by atoms with van der Waals surface area (Å²) in [6, 6.07) is 11.1. The number of nitrogens with one attached hydrogen (secondary N) is 1. The largest absolute Gasteiger partial charge is 0.376 e. The molecule has 1 amide bonds. The molecule has 7 nitrogen and oxygen atoms in total. The van der Waals surface area contributed by atoms with Gasteiger partial charge in [0.15, 0.2) is 16.8 Å². The molecule has 34 heavy (non-hydrogen) atoms. The third-order valence-electron chi connectivity index (χ3n) is 5.70. The number of unbranched alkanes of at least 4 members (excludes halogenated alkanes) is 2. The maximum atomic E-state index is 12.8. The number of hydrogen-bond donors (Lipinski definition) is 1. The molecular weight excluding hydrogens is 468 g/mol. The molecule has 9 heteroatoms. The smallest absolute Gasteiger partial charge is 0.224 e. The highest BCUT2D eigenvalue weighted by Gasteiger charge is 2.22. The number of carbonyl (C=O) groups is 2. The van der Waals surface area contributed by atoms with Crippen LogP contribution in [0.15, 0.2) is 46.9 Å². The molecule has 1 saturated heterocycles. The number of ether oxygens (including phenoxy) is 1. The molecule has 4 rings (SSSR count). The van der Waals surface area contributed by atoms with E-state index >= 15 is 0 Å². The molecule has 1 fully saturated rings. The van der Waals surface area contributed by atoms with Crippen molar-refractivity contribution in [3.63, 3.8) is 0 Å². The molecule has 0 bridgehead atoms. The van der Waals surface area contributed by atoms with Crippen molar-refractivity contribution in [2.45, 2.75) is 63.3 Å². The topological polar surface area (TPSA) is 86.1 Å². The summed E-state index contributed by atoms with van der Waals surface area (Å²) in [7, 11) is 0. The quantitative estimate of drug-likeness (QED) is 0.196. The molecule has 1 aliphatic heterocycles. The minimum Gasteiger partial charge on any atom is -0.376 e. The van der Waals surface area contributed by atoms with Gasteiger partial charge in [-0.2, -0.15) is 0 Å². The number of anilines is 1. The lowest BCUT2D eigenvalue weighted by atomic mass is 10.1. The molecule has 1 aliphatic rings. The van der Waals surface area contributed by atoms with Crippen molar-refractivity contribution >= 4 is 40.5 Å². The highest BCUT2D eigenvalue weighted by Crippen LogP contribution is 2.29. The monoisotopic (exact) mass is 498 g/mol. The number of benzene rings is 1. The molecule has 1 unspecified atom stereocenters. The first-order valence-electron chi connectivity index (χ1n) is 11.8. The highest BCUT2D eigenvalue weighted by molar-refractivity contribution is 7.99. The molecule has 3 heterocycles. The van der Waals surface area contributed by atoms with E-state index in [1.165, 1.54) is 11.8 Å². The summed E-state index contributed by atoms with van der Waals surface area (Å²) in [5, 5.41) is 14.4. The molecule has 1 aromatic carbocycles. The number of aromatic nitrogens is 3. The molecule has 0 spiro atoms. The number of thiophene rings is 1. The van der Waals surface area contributed by atoms with Crippen molar-refractivity contribution in [2.24, 2.45) is 0 Å². The van der Waals surface area contributed by atoms with Crippen LogP contribution < -0.4 is 5.32 Å². The van der Waals surface area contributed by atoms with E-state index in [2.05, 4.69) is 27.0 Å². The van der Waals surface area contributed by atoms with Crippen LogP contribution in [0.3, 0.4) is 0 Å². The first-order chi connectivity index (χ1) is 16.6. The van der Waals surface area contributed by atoms with Gasteiger partial charge >= 0.3 is 0 Å². The van der Waals surface area contributed by atoms with Crippen LogP contribution in [0.2, 0.25) is 0 Å². The molecule has 0 radical (unpaired) electrons. The zero-order valence-corrected chi connectivity index (χ0v) is 21.0. The SMILES string of the molecule is CCCCCC(=O)Nc1ccc(C(=O)CSc2nnc(-c3cccs3)n2CC2CCCO2)cc1. The second-order valence-electron chi connectivity index (χ2n) is 8.32. The van der Waals surface area contributed by atoms with E-state index in [0.717, 1.165) is 54.6 Å². The summed E-state index contributed by atoms with van der Waals surface area (Å²) in [5.41, 5.74) is 1.32. The van der Waals surface area contributed by atoms with Gasteiger partial charge in [0.25, 0.3) is 0 Å². The van der Waals surface area contributed by atoms with Crippen LogP contribution in [-0.4, -0.2) is 44.9 Å². The van der Waals surface area contributed by atoms with Gasteiger partial charge in [-0.25, -0.2) is 0 Å². The van der Waals surface area contributed by atoms with E-state index in [0.29, 0.717) is 24.2 Å². The van der Waals surface area contributed by atoms with Gasteiger partial charge in [-0.1, -0.05) is 37.6 Å². The third kappa shape index (κ3) is 6.55. The van der Waals surface area contributed by atoms with Crippen molar-refractivity contribution in [1.29, 1.82) is 0 Å². The van der Waals surface area contributed by atoms with Crippen LogP contribution in [0, 0.1) is 0 Å². The van der Waals surface area contributed by atoms with E-state index in [-0.39, 0.29) is 23.5 Å². The number of rotatable bonds is 12. The van der Waals surface area contributed by atoms with Gasteiger partial charge in [0.05, 0.1) is 23.3 Å². The normalized spacial score (nSPS) is 15.5. The van der Waals surface area contributed by atoms with E-state index in [4.69, 9.17) is 4.74 Å². The number of ketones is 1. The molecule has 0 aliphatic carbocycles. The van der Waals surface area contributed by atoms with Crippen molar-refractivity contribution < 1.29 is 14.3 Å². The van der Waals surface area contributed by atoms with Gasteiger partial charge < -0.3 is 10.1 Å². The zero-order valence-electron chi connectivity index (χ0n) is 19.4. The zero-order chi connectivity index (χ0) is 23.8. The predicted octanol–water partition coefficient (Wildman–Crippen LogP) is 5.68. The fraction of sp³-hybridized carbons (Fsp3) is 0.440. The fourth-order valence-electron chi connectivity index (χ4n) is 3.85. The van der Waals surface area contributed by atoms with E-state index in [1.807, 2.05) is 17.5 Å². The first kappa shape index (κ1) is 24.6. The lowest BCUT2D eigenvalue weighted by Crippen LogP contribution is -2.17. The second kappa shape index (κ2) is 12.3. The highest BCUT2D eigenvalue weighted by atomic mass is 32.2. The number of Topliss-reactive ketones (excluding diaryl/α,β-unsaturated/α-hetero) is 1. The Hall–Kier alpha value is -2.49. The van der Waals surface area contributed by atoms with Crippen molar-refractivity contribution in [3.05, 3.63) is 47.3 Å². The summed E-state index contributed by atoms with van der Waals surface area (Å²) in [6.07, 6.45) is 5.78. The summed E-state index contributed by atoms with van der Waals surface area (Å²) in [4.78, 5) is 25.9. The Bertz CT molecular complexity index is 1070. The van der Waals surface area contributed by atoms with Gasteiger partial charge in [0, 0.05) is 24.3 Å². The number of hydrogen-bond acceptors (Lipinski definition) is 7. The van der Waals surface area contributed by atoms with E-state index < -0.39 is 0 Å². The second-order valence-corrected chi connectivity index (χ2v) is 10.2. The number of nitrogens with zero attached hydrogens (tertiary/aromatic N) is 3. The number of carbonyl (C=O) groups excluding carboxylic acids is 2. The Morgan fingerprint density at radius 3 is 2.76 bits per heavy atom. The molecule has 2 aromatic heterocycles. The summed E-state index contributed by atoms with van der Waals surface area (Å²) in [5.74, 6) is 1.10. The van der Waals surface area contributed by atoms with E-state index in [1.54, 1.807) is 35.6 Å². The number of thioether (sulfide) groups is 1. The Balaban J connectivity index is 1.37. The van der Waals surface area contributed by atoms with Crippen LogP contribution in [0.1, 0.15) is 55.8 Å². The average molecular weight is 499 g/mol. The summed E-state index contributed by atoms with van der Waals surface area (Å²) in [6.45, 7) is 3.59. The van der Waals surface area contributed by atoms with Gasteiger partial charge in [0.1, 0.15) is 0 Å². The third-order valence-corrected chi connectivity index (χ3v) is 7.53. The lowest BCUT2D eigenvalue weighted by Gasteiger charge is -2.14. The average Bonchev–Trinajstić information content (AvgIpc) is 3.61. The summed E-state index contributed by atoms with van der Waals surface area (Å²) < 4.78 is 7.92. The van der Waals surface area contributed by atoms with Crippen LogP contribution in [0.4, 0.5) is 5.69 Å². The van der Waals surface area contributed by atoms with Crippen LogP contribution in [0.25, 0.3) is 10.7 Å². The van der Waals surface area contributed by atoms with Crippen LogP contribution in [0.5, 0.6) is 0 Å². The minimum absolute atomic E-state index is 0.00941. The van der Waals surface area contributed by atoms with Gasteiger partial charge in [-0.15, -0.1) is 21.5 Å². The van der Waals surface area contributed by atoms with Gasteiger partial charge in [-0.05, 0) is 55.0 Å². The molecule has 1 atom stereocenters. The van der Waals surface area contributed by atoms with Crippen molar-refractivity contribution in [3.8, 4) is 10.7 Å². The molecule has 0 saturated carbocycles. The first-order valence-corrected chi connectivity index (χ1v) is 13.6. The number of amides is 1. The predicted molar refractivity (Wildman–Crippen MR) is 137 cm³/mol. The van der Waals surface area contributed by atoms with Gasteiger partial charge in [0.2, 0.25) is 5.91 Å². The summed E-state index contributed by atoms with van der Waals surface area (Å²) >= 11 is 3.02. The Morgan fingerprint density at radius 2 is 2.06 bits per heavy atom. The van der Waals surface area contributed by atoms with Crippen molar-refractivity contribution in [2.75, 3.05) is 17.7 Å². The Labute approximate surface area is 208 Å². The van der Waals surface area contributed by atoms with E-state index in [9.17, 15) is 9.59 Å². The van der Waals surface area contributed by atoms with Crippen LogP contribution in [-0.2, 0) is 16.1 Å². The molecular formula is C25H30N4O3S2. The fourth-order valence-corrected chi connectivity index (χ4v) is 5.41. The Morgan fingerprint density at radius 1 is 1.21 bits per heavy atom. The van der Waals surface area contributed by atoms with Crippen molar-refractivity contribution in [1.82, 2.24) is 14.8 Å². The standard InChI is InChI=1S/C25H30N4O3S2/c1-2-3-4-9-23(31)26-19-12-10-18(11-13-19)21(30)17-34-25-28-27-24(22-8-6-15-33-22)29(25)16-20-7-5-14-32-20/h6,8,10-13,15,20H,2-5,7,9,14,16-17H2,1H3,(H,26,31). The molecule has 3 aromatic rings. The molecule has 180 valence electrons. The Kier molecular flexibility index (Phi) is 8.90. The lowest BCUT2D eigenvalue weighted by molar-refractivity contribution is -0.116. The maximum Gasteiger partial charge on any atom is 0.224 e.